The Morgan fingerprint density at radius 2 is 2.06 bits per heavy atom. The SMILES string of the molecule is CC(C)[C@@H](N)c1nc(CSC2CCCCC2)no1. The van der Waals surface area contributed by atoms with Crippen LogP contribution in [0.1, 0.15) is 63.7 Å². The fourth-order valence-electron chi connectivity index (χ4n) is 2.17. The molecule has 2 N–H and O–H groups in total. The van der Waals surface area contributed by atoms with Crippen molar-refractivity contribution >= 4 is 11.8 Å². The molecule has 1 heterocycles. The molecule has 0 radical (unpaired) electrons. The lowest BCUT2D eigenvalue weighted by atomic mass is 10.0. The summed E-state index contributed by atoms with van der Waals surface area (Å²) in [5.74, 6) is 2.53. The maximum Gasteiger partial charge on any atom is 0.243 e. The number of rotatable bonds is 5. The molecule has 0 aromatic carbocycles. The van der Waals surface area contributed by atoms with Crippen LogP contribution in [0.2, 0.25) is 0 Å². The van der Waals surface area contributed by atoms with Gasteiger partial charge in [-0.3, -0.25) is 0 Å². The number of nitrogens with zero attached hydrogens (tertiary/aromatic N) is 2. The van der Waals surface area contributed by atoms with E-state index in [0.29, 0.717) is 11.8 Å². The number of aromatic nitrogens is 2. The minimum Gasteiger partial charge on any atom is -0.338 e. The summed E-state index contributed by atoms with van der Waals surface area (Å²) in [6.45, 7) is 4.12. The van der Waals surface area contributed by atoms with E-state index in [1.165, 1.54) is 32.1 Å². The van der Waals surface area contributed by atoms with Crippen molar-refractivity contribution in [3.05, 3.63) is 11.7 Å². The lowest BCUT2D eigenvalue weighted by Crippen LogP contribution is -2.17. The second-order valence-electron chi connectivity index (χ2n) is 5.39. The molecular weight excluding hydrogens is 246 g/mol. The Morgan fingerprint density at radius 1 is 1.33 bits per heavy atom. The first kappa shape index (κ1) is 13.9. The molecule has 1 saturated carbocycles. The normalized spacial score (nSPS) is 19.3. The maximum absolute atomic E-state index is 5.99. The highest BCUT2D eigenvalue weighted by molar-refractivity contribution is 7.99. The molecule has 102 valence electrons. The fourth-order valence-corrected chi connectivity index (χ4v) is 3.34. The van der Waals surface area contributed by atoms with Gasteiger partial charge in [-0.05, 0) is 18.8 Å². The Hall–Kier alpha value is -0.550. The van der Waals surface area contributed by atoms with E-state index in [4.69, 9.17) is 10.3 Å². The molecule has 1 aliphatic carbocycles. The average molecular weight is 269 g/mol. The lowest BCUT2D eigenvalue weighted by molar-refractivity contribution is 0.323. The van der Waals surface area contributed by atoms with E-state index >= 15 is 0 Å². The zero-order valence-corrected chi connectivity index (χ0v) is 12.1. The highest BCUT2D eigenvalue weighted by atomic mass is 32.2. The zero-order chi connectivity index (χ0) is 13.0. The smallest absolute Gasteiger partial charge is 0.243 e. The molecule has 0 spiro atoms. The van der Waals surface area contributed by atoms with Gasteiger partial charge in [0.1, 0.15) is 0 Å². The van der Waals surface area contributed by atoms with Gasteiger partial charge in [0.15, 0.2) is 5.82 Å². The third-order valence-corrected chi connectivity index (χ3v) is 4.86. The number of nitrogens with two attached hydrogens (primary N) is 1. The van der Waals surface area contributed by atoms with Crippen molar-refractivity contribution in [3.63, 3.8) is 0 Å². The van der Waals surface area contributed by atoms with Crippen molar-refractivity contribution in [1.29, 1.82) is 0 Å². The van der Waals surface area contributed by atoms with Gasteiger partial charge in [-0.1, -0.05) is 38.3 Å². The van der Waals surface area contributed by atoms with Gasteiger partial charge in [0.05, 0.1) is 11.8 Å². The van der Waals surface area contributed by atoms with Gasteiger partial charge in [0.25, 0.3) is 0 Å². The molecule has 0 amide bonds. The Balaban J connectivity index is 1.82. The molecular formula is C13H23N3OS. The van der Waals surface area contributed by atoms with E-state index in [1.54, 1.807) is 0 Å². The highest BCUT2D eigenvalue weighted by Gasteiger charge is 2.19. The summed E-state index contributed by atoms with van der Waals surface area (Å²) < 4.78 is 5.23. The van der Waals surface area contributed by atoms with E-state index in [2.05, 4.69) is 24.0 Å². The van der Waals surface area contributed by atoms with Crippen LogP contribution in [0.25, 0.3) is 0 Å². The van der Waals surface area contributed by atoms with Crippen LogP contribution in [0.4, 0.5) is 0 Å². The van der Waals surface area contributed by atoms with Crippen LogP contribution < -0.4 is 5.73 Å². The van der Waals surface area contributed by atoms with E-state index < -0.39 is 0 Å². The molecule has 0 saturated heterocycles. The summed E-state index contributed by atoms with van der Waals surface area (Å²) in [6.07, 6.45) is 6.80. The topological polar surface area (TPSA) is 64.9 Å². The van der Waals surface area contributed by atoms with Gasteiger partial charge in [0.2, 0.25) is 5.89 Å². The van der Waals surface area contributed by atoms with Crippen LogP contribution in [0.3, 0.4) is 0 Å². The Kier molecular flexibility index (Phi) is 5.06. The van der Waals surface area contributed by atoms with Gasteiger partial charge >= 0.3 is 0 Å². The van der Waals surface area contributed by atoms with Crippen molar-refractivity contribution in [3.8, 4) is 0 Å². The minimum absolute atomic E-state index is 0.147. The molecule has 1 fully saturated rings. The fraction of sp³-hybridized carbons (Fsp3) is 0.846. The van der Waals surface area contributed by atoms with Crippen LogP contribution in [-0.4, -0.2) is 15.4 Å². The molecule has 1 aromatic rings. The molecule has 1 aromatic heterocycles. The quantitative estimate of drug-likeness (QED) is 0.888. The van der Waals surface area contributed by atoms with Crippen LogP contribution in [0, 0.1) is 5.92 Å². The lowest BCUT2D eigenvalue weighted by Gasteiger charge is -2.20. The van der Waals surface area contributed by atoms with Crippen LogP contribution >= 0.6 is 11.8 Å². The van der Waals surface area contributed by atoms with E-state index in [1.807, 2.05) is 11.8 Å². The van der Waals surface area contributed by atoms with Gasteiger partial charge in [-0.2, -0.15) is 16.7 Å². The summed E-state index contributed by atoms with van der Waals surface area (Å²) in [4.78, 5) is 4.39. The molecule has 0 bridgehead atoms. The second-order valence-corrected chi connectivity index (χ2v) is 6.68. The molecule has 1 atom stereocenters. The Bertz CT molecular complexity index is 361. The van der Waals surface area contributed by atoms with E-state index in [-0.39, 0.29) is 6.04 Å². The molecule has 1 aliphatic rings. The molecule has 4 nitrogen and oxygen atoms in total. The van der Waals surface area contributed by atoms with Crippen LogP contribution in [0.15, 0.2) is 4.52 Å². The summed E-state index contributed by atoms with van der Waals surface area (Å²) in [7, 11) is 0. The second kappa shape index (κ2) is 6.57. The summed E-state index contributed by atoms with van der Waals surface area (Å²) in [5, 5.41) is 4.79. The third kappa shape index (κ3) is 3.72. The largest absolute Gasteiger partial charge is 0.338 e. The first-order valence-corrected chi connectivity index (χ1v) is 7.91. The predicted octanol–water partition coefficient (Wildman–Crippen LogP) is 3.29. The molecule has 5 heteroatoms. The van der Waals surface area contributed by atoms with Crippen molar-refractivity contribution in [2.75, 3.05) is 0 Å². The van der Waals surface area contributed by atoms with Crippen LogP contribution in [0.5, 0.6) is 0 Å². The number of thioether (sulfide) groups is 1. The molecule has 0 unspecified atom stereocenters. The van der Waals surface area contributed by atoms with Crippen LogP contribution in [-0.2, 0) is 5.75 Å². The van der Waals surface area contributed by atoms with Crippen molar-refractivity contribution in [1.82, 2.24) is 10.1 Å². The standard InChI is InChI=1S/C13H23N3OS/c1-9(2)12(14)13-15-11(16-17-13)8-18-10-6-4-3-5-7-10/h9-10,12H,3-8,14H2,1-2H3/t12-/m1/s1. The molecule has 0 aliphatic heterocycles. The van der Waals surface area contributed by atoms with Gasteiger partial charge in [0, 0.05) is 5.25 Å². The third-order valence-electron chi connectivity index (χ3n) is 3.49. The van der Waals surface area contributed by atoms with Crippen molar-refractivity contribution in [2.45, 2.75) is 63.0 Å². The van der Waals surface area contributed by atoms with Crippen molar-refractivity contribution < 1.29 is 4.52 Å². The first-order chi connectivity index (χ1) is 8.66. The van der Waals surface area contributed by atoms with Crippen molar-refractivity contribution in [2.24, 2.45) is 11.7 Å². The zero-order valence-electron chi connectivity index (χ0n) is 11.3. The van der Waals surface area contributed by atoms with Gasteiger partial charge in [-0.25, -0.2) is 0 Å². The monoisotopic (exact) mass is 269 g/mol. The summed E-state index contributed by atoms with van der Waals surface area (Å²) in [5.41, 5.74) is 5.99. The van der Waals surface area contributed by atoms with E-state index in [0.717, 1.165) is 16.8 Å². The van der Waals surface area contributed by atoms with E-state index in [9.17, 15) is 0 Å². The summed E-state index contributed by atoms with van der Waals surface area (Å²) in [6, 6.07) is -0.147. The Morgan fingerprint density at radius 3 is 2.72 bits per heavy atom. The number of hydrogen-bond donors (Lipinski definition) is 1. The summed E-state index contributed by atoms with van der Waals surface area (Å²) >= 11 is 1.96. The maximum atomic E-state index is 5.99. The first-order valence-electron chi connectivity index (χ1n) is 6.86. The average Bonchev–Trinajstić information content (AvgIpc) is 2.85. The van der Waals surface area contributed by atoms with Gasteiger partial charge in [-0.15, -0.1) is 0 Å². The number of hydrogen-bond acceptors (Lipinski definition) is 5. The van der Waals surface area contributed by atoms with Gasteiger partial charge < -0.3 is 10.3 Å². The minimum atomic E-state index is -0.147. The highest BCUT2D eigenvalue weighted by Crippen LogP contribution is 2.30. The predicted molar refractivity (Wildman–Crippen MR) is 74.2 cm³/mol. The molecule has 2 rings (SSSR count). The Labute approximate surface area is 113 Å². The molecule has 18 heavy (non-hydrogen) atoms.